The molecule has 2 rings (SSSR count). The number of nitrogens with zero attached hydrogens (tertiary/aromatic N) is 4. The number of nitrogens with one attached hydrogen (secondary N) is 1. The number of carbonyl (C=O) groups is 1. The van der Waals surface area contributed by atoms with Gasteiger partial charge in [-0.1, -0.05) is 6.92 Å². The van der Waals surface area contributed by atoms with Crippen LogP contribution < -0.4 is 5.32 Å². The van der Waals surface area contributed by atoms with E-state index in [2.05, 4.69) is 15.4 Å². The highest BCUT2D eigenvalue weighted by atomic mass is 35.5. The summed E-state index contributed by atoms with van der Waals surface area (Å²) in [5.41, 5.74) is 2.48. The summed E-state index contributed by atoms with van der Waals surface area (Å²) in [6.07, 6.45) is 0.911. The lowest BCUT2D eigenvalue weighted by Crippen LogP contribution is -2.29. The van der Waals surface area contributed by atoms with E-state index >= 15 is 0 Å². The highest BCUT2D eigenvalue weighted by Crippen LogP contribution is 2.25. The fourth-order valence-corrected chi connectivity index (χ4v) is 2.44. The summed E-state index contributed by atoms with van der Waals surface area (Å²) in [6, 6.07) is 0. The minimum Gasteiger partial charge on any atom is -0.355 e. The third-order valence-corrected chi connectivity index (χ3v) is 3.34. The molecule has 110 valence electrons. The number of carbonyl (C=O) groups excluding carboxylic acids is 1. The van der Waals surface area contributed by atoms with E-state index in [0.717, 1.165) is 23.3 Å². The monoisotopic (exact) mass is 297 g/mol. The fraction of sp³-hybridized carbons (Fsp3) is 0.615. The van der Waals surface area contributed by atoms with Gasteiger partial charge in [-0.15, -0.1) is 11.6 Å². The van der Waals surface area contributed by atoms with Crippen LogP contribution in [0, 0.1) is 6.92 Å². The molecular formula is C13H20ClN5O. The van der Waals surface area contributed by atoms with Gasteiger partial charge in [0.15, 0.2) is 5.65 Å². The third kappa shape index (κ3) is 2.65. The van der Waals surface area contributed by atoms with Gasteiger partial charge in [0, 0.05) is 13.6 Å². The summed E-state index contributed by atoms with van der Waals surface area (Å²) in [6.45, 7) is 6.66. The zero-order valence-corrected chi connectivity index (χ0v) is 13.0. The molecule has 0 aliphatic carbocycles. The summed E-state index contributed by atoms with van der Waals surface area (Å²) in [5, 5.41) is 6.94. The van der Waals surface area contributed by atoms with Crippen molar-refractivity contribution in [3.8, 4) is 0 Å². The number of alkyl halides is 1. The Morgan fingerprint density at radius 3 is 2.80 bits per heavy atom. The average Bonchev–Trinajstić information content (AvgIpc) is 2.87. The Kier molecular flexibility index (Phi) is 4.32. The molecule has 0 spiro atoms. The molecule has 0 radical (unpaired) electrons. The molecule has 0 fully saturated rings. The van der Waals surface area contributed by atoms with Crippen LogP contribution in [0.15, 0.2) is 0 Å². The van der Waals surface area contributed by atoms with Crippen molar-refractivity contribution in [2.75, 3.05) is 6.54 Å². The number of fused-ring (bicyclic) bond motifs is 1. The molecular weight excluding hydrogens is 278 g/mol. The molecule has 1 amide bonds. The van der Waals surface area contributed by atoms with Crippen molar-refractivity contribution in [2.45, 2.75) is 39.1 Å². The van der Waals surface area contributed by atoms with Gasteiger partial charge in [-0.3, -0.25) is 9.48 Å². The Labute approximate surface area is 123 Å². The van der Waals surface area contributed by atoms with Crippen LogP contribution in [0.4, 0.5) is 0 Å². The van der Waals surface area contributed by atoms with Gasteiger partial charge in [0.1, 0.15) is 17.9 Å². The highest BCUT2D eigenvalue weighted by molar-refractivity contribution is 6.20. The number of aryl methyl sites for hydroxylation is 2. The van der Waals surface area contributed by atoms with Crippen LogP contribution >= 0.6 is 11.6 Å². The van der Waals surface area contributed by atoms with E-state index in [1.807, 2.05) is 32.4 Å². The molecule has 2 aromatic heterocycles. The summed E-state index contributed by atoms with van der Waals surface area (Å²) >= 11 is 6.18. The molecule has 6 nitrogen and oxygen atoms in total. The van der Waals surface area contributed by atoms with Crippen molar-refractivity contribution < 1.29 is 4.79 Å². The Morgan fingerprint density at radius 1 is 1.50 bits per heavy atom. The van der Waals surface area contributed by atoms with E-state index < -0.39 is 0 Å². The molecule has 1 unspecified atom stereocenters. The molecule has 7 heteroatoms. The second-order valence-electron chi connectivity index (χ2n) is 4.90. The molecule has 20 heavy (non-hydrogen) atoms. The highest BCUT2D eigenvalue weighted by Gasteiger charge is 2.21. The van der Waals surface area contributed by atoms with E-state index in [-0.39, 0.29) is 17.8 Å². The molecule has 1 N–H and O–H groups in total. The van der Waals surface area contributed by atoms with E-state index in [4.69, 9.17) is 11.6 Å². The van der Waals surface area contributed by atoms with E-state index in [1.165, 1.54) is 0 Å². The Morgan fingerprint density at radius 2 is 2.20 bits per heavy atom. The lowest BCUT2D eigenvalue weighted by atomic mass is 10.4. The van der Waals surface area contributed by atoms with Crippen LogP contribution in [0.2, 0.25) is 0 Å². The fourth-order valence-electron chi connectivity index (χ4n) is 2.28. The predicted molar refractivity (Wildman–Crippen MR) is 78.8 cm³/mol. The topological polar surface area (TPSA) is 64.7 Å². The quantitative estimate of drug-likeness (QED) is 0.857. The number of halogens is 1. The predicted octanol–water partition coefficient (Wildman–Crippen LogP) is 1.90. The smallest absolute Gasteiger partial charge is 0.240 e. The maximum Gasteiger partial charge on any atom is 0.240 e. The van der Waals surface area contributed by atoms with Gasteiger partial charge in [-0.05, 0) is 20.3 Å². The molecule has 2 heterocycles. The van der Waals surface area contributed by atoms with E-state index in [1.54, 1.807) is 4.68 Å². The Hall–Kier alpha value is -1.56. The summed E-state index contributed by atoms with van der Waals surface area (Å²) in [5.74, 6) is 0.660. The normalized spacial score (nSPS) is 12.8. The molecule has 0 aliphatic rings. The summed E-state index contributed by atoms with van der Waals surface area (Å²) in [4.78, 5) is 16.5. The van der Waals surface area contributed by atoms with Crippen LogP contribution in [0.5, 0.6) is 0 Å². The second kappa shape index (κ2) is 5.83. The van der Waals surface area contributed by atoms with Gasteiger partial charge < -0.3 is 9.88 Å². The number of hydrogen-bond acceptors (Lipinski definition) is 3. The number of rotatable bonds is 5. The molecule has 1 atom stereocenters. The van der Waals surface area contributed by atoms with Gasteiger partial charge in [0.2, 0.25) is 5.91 Å². The van der Waals surface area contributed by atoms with Gasteiger partial charge in [-0.25, -0.2) is 4.98 Å². The zero-order chi connectivity index (χ0) is 14.9. The van der Waals surface area contributed by atoms with Crippen LogP contribution in [0.3, 0.4) is 0 Å². The molecule has 0 aromatic carbocycles. The first-order valence-corrected chi connectivity index (χ1v) is 7.19. The van der Waals surface area contributed by atoms with Gasteiger partial charge >= 0.3 is 0 Å². The number of aromatic nitrogens is 4. The van der Waals surface area contributed by atoms with Crippen molar-refractivity contribution in [1.29, 1.82) is 0 Å². The van der Waals surface area contributed by atoms with Crippen molar-refractivity contribution in [3.63, 3.8) is 0 Å². The Bertz CT molecular complexity index is 628. The van der Waals surface area contributed by atoms with Gasteiger partial charge in [0.25, 0.3) is 0 Å². The zero-order valence-electron chi connectivity index (χ0n) is 12.3. The standard InChI is InChI=1S/C13H20ClN5O/c1-5-6-15-10(20)7-19-12(8(2)14)16-11-9(3)17-18(4)13(11)19/h8H,5-7H2,1-4H3,(H,15,20). The second-order valence-corrected chi connectivity index (χ2v) is 5.56. The van der Waals surface area contributed by atoms with Crippen LogP contribution in [0.25, 0.3) is 11.2 Å². The van der Waals surface area contributed by atoms with Crippen LogP contribution in [-0.4, -0.2) is 31.8 Å². The van der Waals surface area contributed by atoms with Gasteiger partial charge in [0.05, 0.1) is 11.1 Å². The van der Waals surface area contributed by atoms with Crippen LogP contribution in [0.1, 0.15) is 37.2 Å². The largest absolute Gasteiger partial charge is 0.355 e. The van der Waals surface area contributed by atoms with E-state index in [9.17, 15) is 4.79 Å². The van der Waals surface area contributed by atoms with Crippen molar-refractivity contribution in [2.24, 2.45) is 7.05 Å². The van der Waals surface area contributed by atoms with Gasteiger partial charge in [-0.2, -0.15) is 5.10 Å². The summed E-state index contributed by atoms with van der Waals surface area (Å²) in [7, 11) is 1.85. The molecule has 0 bridgehead atoms. The molecule has 2 aromatic rings. The number of hydrogen-bond donors (Lipinski definition) is 1. The first-order valence-electron chi connectivity index (χ1n) is 6.76. The van der Waals surface area contributed by atoms with Crippen LogP contribution in [-0.2, 0) is 18.4 Å². The number of amides is 1. The minimum atomic E-state index is -0.263. The third-order valence-electron chi connectivity index (χ3n) is 3.15. The molecule has 0 aliphatic heterocycles. The Balaban J connectivity index is 2.43. The first-order chi connectivity index (χ1) is 9.45. The average molecular weight is 298 g/mol. The summed E-state index contributed by atoms with van der Waals surface area (Å²) < 4.78 is 3.59. The van der Waals surface area contributed by atoms with Crippen molar-refractivity contribution >= 4 is 28.7 Å². The van der Waals surface area contributed by atoms with Crippen molar-refractivity contribution in [1.82, 2.24) is 24.6 Å². The lowest BCUT2D eigenvalue weighted by molar-refractivity contribution is -0.121. The maximum atomic E-state index is 12.0. The molecule has 0 saturated heterocycles. The maximum absolute atomic E-state index is 12.0. The molecule has 0 saturated carbocycles. The SMILES string of the molecule is CCCNC(=O)Cn1c(C(C)Cl)nc2c(C)nn(C)c21. The minimum absolute atomic E-state index is 0.0384. The first kappa shape index (κ1) is 14.8. The lowest BCUT2D eigenvalue weighted by Gasteiger charge is -2.11. The van der Waals surface area contributed by atoms with Crippen molar-refractivity contribution in [3.05, 3.63) is 11.5 Å². The van der Waals surface area contributed by atoms with E-state index in [0.29, 0.717) is 12.4 Å². The number of imidazole rings is 1.